The van der Waals surface area contributed by atoms with E-state index in [1.165, 1.54) is 0 Å². The van der Waals surface area contributed by atoms with Crippen LogP contribution in [0.5, 0.6) is 5.75 Å². The average molecular weight is 352 g/mol. The number of fused-ring (bicyclic) bond motifs is 1. The molecule has 1 heterocycles. The van der Waals surface area contributed by atoms with Crippen molar-refractivity contribution in [2.24, 2.45) is 0 Å². The maximum absolute atomic E-state index is 12.3. The first-order chi connectivity index (χ1) is 12.7. The molecule has 134 valence electrons. The second kappa shape index (κ2) is 7.07. The molecule has 4 rings (SSSR count). The number of nitrogens with zero attached hydrogens (tertiary/aromatic N) is 1. The molecule has 0 saturated heterocycles. The summed E-state index contributed by atoms with van der Waals surface area (Å²) in [7, 11) is 0. The van der Waals surface area contributed by atoms with Crippen molar-refractivity contribution in [3.8, 4) is 5.75 Å². The van der Waals surface area contributed by atoms with Crippen molar-refractivity contribution in [1.29, 1.82) is 0 Å². The van der Waals surface area contributed by atoms with E-state index < -0.39 is 6.09 Å². The Bertz CT molecular complexity index is 802. The highest BCUT2D eigenvalue weighted by atomic mass is 16.5. The van der Waals surface area contributed by atoms with Gasteiger partial charge in [-0.1, -0.05) is 42.5 Å². The number of carbonyl (C=O) groups is 2. The van der Waals surface area contributed by atoms with Crippen LogP contribution in [0.4, 0.5) is 10.5 Å². The zero-order valence-electron chi connectivity index (χ0n) is 14.3. The fraction of sp³-hybridized carbons (Fsp3) is 0.300. The van der Waals surface area contributed by atoms with E-state index in [2.05, 4.69) is 5.32 Å². The van der Waals surface area contributed by atoms with Gasteiger partial charge < -0.3 is 19.7 Å². The molecule has 2 amide bonds. The zero-order chi connectivity index (χ0) is 17.9. The van der Waals surface area contributed by atoms with Gasteiger partial charge in [-0.15, -0.1) is 0 Å². The highest BCUT2D eigenvalue weighted by Gasteiger charge is 2.40. The minimum absolute atomic E-state index is 0.0195. The molecule has 0 aromatic heterocycles. The van der Waals surface area contributed by atoms with Crippen LogP contribution in [0, 0.1) is 0 Å². The minimum atomic E-state index is -0.425. The summed E-state index contributed by atoms with van der Waals surface area (Å²) in [5.74, 6) is 0.685. The van der Waals surface area contributed by atoms with E-state index in [1.54, 1.807) is 4.90 Å². The van der Waals surface area contributed by atoms with E-state index in [4.69, 9.17) is 9.47 Å². The maximum Gasteiger partial charge on any atom is 0.407 e. The number of hydrogen-bond acceptors (Lipinski definition) is 4. The summed E-state index contributed by atoms with van der Waals surface area (Å²) < 4.78 is 10.7. The lowest BCUT2D eigenvalue weighted by atomic mass is 9.85. The van der Waals surface area contributed by atoms with Crippen LogP contribution in [0.15, 0.2) is 54.6 Å². The van der Waals surface area contributed by atoms with E-state index in [-0.39, 0.29) is 31.2 Å². The van der Waals surface area contributed by atoms with Crippen LogP contribution < -0.4 is 15.0 Å². The standard InChI is InChI=1S/C20H20N2O4/c23-19-13-25-18-9-5-4-8-17(18)22(19)16-10-15(11-16)21-20(24)26-12-14-6-2-1-3-7-14/h1-9,15-16H,10-13H2,(H,21,24). The molecule has 0 radical (unpaired) electrons. The second-order valence-corrected chi connectivity index (χ2v) is 6.55. The number of benzene rings is 2. The van der Waals surface area contributed by atoms with Crippen molar-refractivity contribution in [2.75, 3.05) is 11.5 Å². The molecular weight excluding hydrogens is 332 g/mol. The molecular formula is C20H20N2O4. The number of anilines is 1. The third kappa shape index (κ3) is 3.35. The minimum Gasteiger partial charge on any atom is -0.482 e. The Balaban J connectivity index is 1.29. The first-order valence-corrected chi connectivity index (χ1v) is 8.72. The summed E-state index contributed by atoms with van der Waals surface area (Å²) in [6.45, 7) is 0.308. The van der Waals surface area contributed by atoms with E-state index >= 15 is 0 Å². The van der Waals surface area contributed by atoms with Gasteiger partial charge in [0.2, 0.25) is 0 Å². The molecule has 0 atom stereocenters. The highest BCUT2D eigenvalue weighted by molar-refractivity contribution is 5.98. The summed E-state index contributed by atoms with van der Waals surface area (Å²) in [5, 5.41) is 2.86. The van der Waals surface area contributed by atoms with E-state index in [9.17, 15) is 9.59 Å². The van der Waals surface area contributed by atoms with Gasteiger partial charge in [0.15, 0.2) is 6.61 Å². The molecule has 2 aromatic rings. The monoisotopic (exact) mass is 352 g/mol. The third-order valence-corrected chi connectivity index (χ3v) is 4.76. The quantitative estimate of drug-likeness (QED) is 0.919. The lowest BCUT2D eigenvalue weighted by Gasteiger charge is -2.44. The zero-order valence-corrected chi connectivity index (χ0v) is 14.3. The Morgan fingerprint density at radius 1 is 1.12 bits per heavy atom. The number of nitrogens with one attached hydrogen (secondary N) is 1. The predicted molar refractivity (Wildman–Crippen MR) is 96.0 cm³/mol. The van der Waals surface area contributed by atoms with Crippen LogP contribution >= 0.6 is 0 Å². The molecule has 0 spiro atoms. The molecule has 1 N–H and O–H groups in total. The first-order valence-electron chi connectivity index (χ1n) is 8.72. The molecule has 0 unspecified atom stereocenters. The van der Waals surface area contributed by atoms with Crippen LogP contribution in [0.2, 0.25) is 0 Å². The molecule has 0 bridgehead atoms. The smallest absolute Gasteiger partial charge is 0.407 e. The Kier molecular flexibility index (Phi) is 4.48. The van der Waals surface area contributed by atoms with E-state index in [1.807, 2.05) is 54.6 Å². The summed E-state index contributed by atoms with van der Waals surface area (Å²) in [6.07, 6.45) is 0.993. The number of amides is 2. The van der Waals surface area contributed by atoms with Crippen LogP contribution in [0.25, 0.3) is 0 Å². The Morgan fingerprint density at radius 2 is 1.85 bits per heavy atom. The average Bonchev–Trinajstić information content (AvgIpc) is 2.64. The lowest BCUT2D eigenvalue weighted by molar-refractivity contribution is -0.122. The van der Waals surface area contributed by atoms with E-state index in [0.29, 0.717) is 12.8 Å². The van der Waals surface area contributed by atoms with Gasteiger partial charge in [-0.25, -0.2) is 4.79 Å². The van der Waals surface area contributed by atoms with Gasteiger partial charge in [0.1, 0.15) is 12.4 Å². The molecule has 1 saturated carbocycles. The van der Waals surface area contributed by atoms with Gasteiger partial charge in [0.05, 0.1) is 5.69 Å². The number of hydrogen-bond donors (Lipinski definition) is 1. The van der Waals surface area contributed by atoms with Gasteiger partial charge in [-0.3, -0.25) is 4.79 Å². The number of ether oxygens (including phenoxy) is 2. The molecule has 2 aliphatic rings. The summed E-state index contributed by atoms with van der Waals surface area (Å²) in [5.41, 5.74) is 1.75. The largest absolute Gasteiger partial charge is 0.482 e. The molecule has 2 aromatic carbocycles. The Labute approximate surface area is 151 Å². The summed E-state index contributed by atoms with van der Waals surface area (Å²) >= 11 is 0. The number of rotatable bonds is 4. The molecule has 6 nitrogen and oxygen atoms in total. The summed E-state index contributed by atoms with van der Waals surface area (Å²) in [6, 6.07) is 17.2. The van der Waals surface area contributed by atoms with E-state index in [0.717, 1.165) is 17.0 Å². The molecule has 1 aliphatic heterocycles. The van der Waals surface area contributed by atoms with Gasteiger partial charge in [0.25, 0.3) is 5.91 Å². The lowest BCUT2D eigenvalue weighted by Crippen LogP contribution is -2.57. The van der Waals surface area contributed by atoms with Crippen LogP contribution in [0.3, 0.4) is 0 Å². The fourth-order valence-electron chi connectivity index (χ4n) is 3.37. The van der Waals surface area contributed by atoms with Crippen molar-refractivity contribution in [3.63, 3.8) is 0 Å². The highest BCUT2D eigenvalue weighted by Crippen LogP contribution is 2.38. The molecule has 6 heteroatoms. The first kappa shape index (κ1) is 16.4. The van der Waals surface area contributed by atoms with Crippen LogP contribution in [-0.4, -0.2) is 30.7 Å². The third-order valence-electron chi connectivity index (χ3n) is 4.76. The van der Waals surface area contributed by atoms with Crippen molar-refractivity contribution < 1.29 is 19.1 Å². The number of para-hydroxylation sites is 2. The van der Waals surface area contributed by atoms with Gasteiger partial charge in [-0.2, -0.15) is 0 Å². The van der Waals surface area contributed by atoms with Gasteiger partial charge in [-0.05, 0) is 30.5 Å². The van der Waals surface area contributed by atoms with Crippen LogP contribution in [-0.2, 0) is 16.1 Å². The maximum atomic E-state index is 12.3. The Hall–Kier alpha value is -3.02. The van der Waals surface area contributed by atoms with Crippen molar-refractivity contribution in [2.45, 2.75) is 31.5 Å². The fourth-order valence-corrected chi connectivity index (χ4v) is 3.37. The van der Waals surface area contributed by atoms with Crippen molar-refractivity contribution in [3.05, 3.63) is 60.2 Å². The van der Waals surface area contributed by atoms with Crippen molar-refractivity contribution >= 4 is 17.7 Å². The normalized spacial score (nSPS) is 21.2. The van der Waals surface area contributed by atoms with Crippen LogP contribution in [0.1, 0.15) is 18.4 Å². The molecule has 1 fully saturated rings. The second-order valence-electron chi connectivity index (χ2n) is 6.55. The van der Waals surface area contributed by atoms with Gasteiger partial charge >= 0.3 is 6.09 Å². The number of carbonyl (C=O) groups excluding carboxylic acids is 2. The number of alkyl carbamates (subject to hydrolysis) is 1. The SMILES string of the molecule is O=C(NC1CC(N2C(=O)COc3ccccc32)C1)OCc1ccccc1. The summed E-state index contributed by atoms with van der Waals surface area (Å²) in [4.78, 5) is 26.0. The molecule has 1 aliphatic carbocycles. The van der Waals surface area contributed by atoms with Crippen molar-refractivity contribution in [1.82, 2.24) is 5.32 Å². The topological polar surface area (TPSA) is 67.9 Å². The molecule has 26 heavy (non-hydrogen) atoms. The predicted octanol–water partition coefficient (Wildman–Crippen LogP) is 2.87. The Morgan fingerprint density at radius 3 is 2.65 bits per heavy atom. The van der Waals surface area contributed by atoms with Gasteiger partial charge in [0, 0.05) is 12.1 Å².